The molecule has 0 saturated carbocycles. The van der Waals surface area contributed by atoms with Gasteiger partial charge in [0.2, 0.25) is 0 Å². The van der Waals surface area contributed by atoms with Gasteiger partial charge in [-0.3, -0.25) is 4.79 Å². The first-order chi connectivity index (χ1) is 16.8. The van der Waals surface area contributed by atoms with Gasteiger partial charge in [-0.25, -0.2) is 4.98 Å². The van der Waals surface area contributed by atoms with Crippen LogP contribution in [0.15, 0.2) is 121 Å². The number of hydrogen-bond acceptors (Lipinski definition) is 2. The number of nitrogens with zero attached hydrogens (tertiary/aromatic N) is 1. The summed E-state index contributed by atoms with van der Waals surface area (Å²) in [5.41, 5.74) is 5.78. The quantitative estimate of drug-likeness (QED) is 0.299. The van der Waals surface area contributed by atoms with Crippen molar-refractivity contribution in [2.45, 2.75) is 12.3 Å². The van der Waals surface area contributed by atoms with E-state index in [0.717, 1.165) is 28.6 Å². The van der Waals surface area contributed by atoms with Gasteiger partial charge in [0.1, 0.15) is 0 Å². The third-order valence-corrected chi connectivity index (χ3v) is 6.15. The average molecular weight is 443 g/mol. The van der Waals surface area contributed by atoms with Gasteiger partial charge in [-0.1, -0.05) is 109 Å². The fourth-order valence-electron chi connectivity index (χ4n) is 4.44. The Kier molecular flexibility index (Phi) is 6.44. The van der Waals surface area contributed by atoms with E-state index in [4.69, 9.17) is 4.98 Å². The van der Waals surface area contributed by atoms with E-state index in [2.05, 4.69) is 53.8 Å². The van der Waals surface area contributed by atoms with Crippen LogP contribution in [0.4, 0.5) is 0 Å². The first kappa shape index (κ1) is 21.6. The van der Waals surface area contributed by atoms with Gasteiger partial charge in [-0.15, -0.1) is 0 Å². The lowest BCUT2D eigenvalue weighted by atomic mass is 9.88. The Balaban J connectivity index is 1.39. The number of benzene rings is 4. The fourth-order valence-corrected chi connectivity index (χ4v) is 4.44. The van der Waals surface area contributed by atoms with Crippen molar-refractivity contribution in [1.82, 2.24) is 10.3 Å². The molecule has 5 aromatic rings. The Bertz CT molecular complexity index is 1340. The summed E-state index contributed by atoms with van der Waals surface area (Å²) in [4.78, 5) is 18.2. The highest BCUT2D eigenvalue weighted by molar-refractivity contribution is 6.07. The second kappa shape index (κ2) is 10.1. The summed E-state index contributed by atoms with van der Waals surface area (Å²) in [6.45, 7) is 0.574. The van der Waals surface area contributed by atoms with E-state index in [-0.39, 0.29) is 11.8 Å². The first-order valence-electron chi connectivity index (χ1n) is 11.6. The Morgan fingerprint density at radius 3 is 1.91 bits per heavy atom. The van der Waals surface area contributed by atoms with Crippen molar-refractivity contribution in [2.75, 3.05) is 6.54 Å². The van der Waals surface area contributed by atoms with Crippen molar-refractivity contribution < 1.29 is 4.79 Å². The smallest absolute Gasteiger partial charge is 0.252 e. The standard InChI is InChI=1S/C31H26N2O/c34-31(32-21-20-26(23-12-4-1-5-13-23)24-14-6-2-7-15-24)28-22-30(25-16-8-3-9-17-25)33-29-19-11-10-18-27(28)29/h1-19,22,26H,20-21H2,(H,32,34). The molecule has 0 spiro atoms. The molecule has 0 unspecified atom stereocenters. The van der Waals surface area contributed by atoms with Crippen LogP contribution >= 0.6 is 0 Å². The predicted molar refractivity (Wildman–Crippen MR) is 139 cm³/mol. The number of nitrogens with one attached hydrogen (secondary N) is 1. The summed E-state index contributed by atoms with van der Waals surface area (Å²) in [5.74, 6) is 0.146. The van der Waals surface area contributed by atoms with Gasteiger partial charge in [0, 0.05) is 23.4 Å². The zero-order valence-electron chi connectivity index (χ0n) is 18.9. The van der Waals surface area contributed by atoms with Gasteiger partial charge in [0.15, 0.2) is 0 Å². The minimum Gasteiger partial charge on any atom is -0.352 e. The third kappa shape index (κ3) is 4.74. The van der Waals surface area contributed by atoms with Crippen molar-refractivity contribution in [1.29, 1.82) is 0 Å². The Morgan fingerprint density at radius 2 is 1.26 bits per heavy atom. The molecule has 34 heavy (non-hydrogen) atoms. The lowest BCUT2D eigenvalue weighted by Gasteiger charge is -2.19. The molecule has 3 nitrogen and oxygen atoms in total. The van der Waals surface area contributed by atoms with Gasteiger partial charge in [0.05, 0.1) is 16.8 Å². The maximum atomic E-state index is 13.4. The molecule has 166 valence electrons. The zero-order chi connectivity index (χ0) is 23.2. The molecule has 0 aliphatic rings. The van der Waals surface area contributed by atoms with Gasteiger partial charge >= 0.3 is 0 Å². The summed E-state index contributed by atoms with van der Waals surface area (Å²) in [6.07, 6.45) is 0.814. The number of carbonyl (C=O) groups excluding carboxylic acids is 1. The van der Waals surface area contributed by atoms with Crippen LogP contribution in [-0.2, 0) is 0 Å². The van der Waals surface area contributed by atoms with E-state index >= 15 is 0 Å². The highest BCUT2D eigenvalue weighted by atomic mass is 16.1. The molecule has 4 aromatic carbocycles. The molecule has 5 rings (SSSR count). The molecule has 1 heterocycles. The molecule has 0 aliphatic carbocycles. The number of hydrogen-bond donors (Lipinski definition) is 1. The van der Waals surface area contributed by atoms with Crippen molar-refractivity contribution >= 4 is 16.8 Å². The van der Waals surface area contributed by atoms with Crippen LogP contribution in [0.5, 0.6) is 0 Å². The molecule has 1 amide bonds. The average Bonchev–Trinajstić information content (AvgIpc) is 2.92. The van der Waals surface area contributed by atoms with E-state index in [1.807, 2.05) is 72.8 Å². The molecule has 0 fully saturated rings. The van der Waals surface area contributed by atoms with Crippen molar-refractivity contribution in [3.63, 3.8) is 0 Å². The molecule has 1 aromatic heterocycles. The predicted octanol–water partition coefficient (Wildman–Crippen LogP) is 6.85. The highest BCUT2D eigenvalue weighted by Gasteiger charge is 2.17. The van der Waals surface area contributed by atoms with E-state index in [1.54, 1.807) is 0 Å². The van der Waals surface area contributed by atoms with Crippen molar-refractivity contribution in [2.24, 2.45) is 0 Å². The molecule has 3 heteroatoms. The topological polar surface area (TPSA) is 42.0 Å². The minimum atomic E-state index is -0.0735. The summed E-state index contributed by atoms with van der Waals surface area (Å²) in [5, 5.41) is 4.04. The molecule has 0 aliphatic heterocycles. The monoisotopic (exact) mass is 442 g/mol. The molecule has 0 radical (unpaired) electrons. The van der Waals surface area contributed by atoms with Gasteiger partial charge in [0.25, 0.3) is 5.91 Å². The van der Waals surface area contributed by atoms with Crippen LogP contribution in [0.3, 0.4) is 0 Å². The second-order valence-corrected chi connectivity index (χ2v) is 8.36. The van der Waals surface area contributed by atoms with Gasteiger partial charge < -0.3 is 5.32 Å². The maximum Gasteiger partial charge on any atom is 0.252 e. The number of rotatable bonds is 7. The molecule has 1 N–H and O–H groups in total. The molecule has 0 saturated heterocycles. The second-order valence-electron chi connectivity index (χ2n) is 8.36. The minimum absolute atomic E-state index is 0.0735. The van der Waals surface area contributed by atoms with Crippen LogP contribution < -0.4 is 5.32 Å². The Labute approximate surface area is 200 Å². The van der Waals surface area contributed by atoms with E-state index in [1.165, 1.54) is 11.1 Å². The normalized spacial score (nSPS) is 11.0. The summed E-state index contributed by atoms with van der Waals surface area (Å²) < 4.78 is 0. The molecular formula is C31H26N2O. The van der Waals surface area contributed by atoms with Gasteiger partial charge in [-0.2, -0.15) is 0 Å². The maximum absolute atomic E-state index is 13.4. The Morgan fingerprint density at radius 1 is 0.706 bits per heavy atom. The lowest BCUT2D eigenvalue weighted by Crippen LogP contribution is -2.26. The summed E-state index contributed by atoms with van der Waals surface area (Å²) in [7, 11) is 0. The number of pyridine rings is 1. The number of fused-ring (bicyclic) bond motifs is 1. The van der Waals surface area contributed by atoms with E-state index in [9.17, 15) is 4.79 Å². The van der Waals surface area contributed by atoms with Crippen molar-refractivity contribution in [3.8, 4) is 11.3 Å². The van der Waals surface area contributed by atoms with Crippen LogP contribution in [0, 0.1) is 0 Å². The molecular weight excluding hydrogens is 416 g/mol. The van der Waals surface area contributed by atoms with Crippen molar-refractivity contribution in [3.05, 3.63) is 138 Å². The van der Waals surface area contributed by atoms with Crippen LogP contribution in [-0.4, -0.2) is 17.4 Å². The number of para-hydroxylation sites is 1. The number of aromatic nitrogens is 1. The molecule has 0 bridgehead atoms. The highest BCUT2D eigenvalue weighted by Crippen LogP contribution is 2.28. The van der Waals surface area contributed by atoms with Crippen LogP contribution in [0.1, 0.15) is 33.8 Å². The van der Waals surface area contributed by atoms with E-state index in [0.29, 0.717) is 12.1 Å². The zero-order valence-corrected chi connectivity index (χ0v) is 18.9. The summed E-state index contributed by atoms with van der Waals surface area (Å²) >= 11 is 0. The van der Waals surface area contributed by atoms with Gasteiger partial charge in [-0.05, 0) is 29.7 Å². The fraction of sp³-hybridized carbons (Fsp3) is 0.0968. The third-order valence-electron chi connectivity index (χ3n) is 6.15. The number of amides is 1. The van der Waals surface area contributed by atoms with E-state index < -0.39 is 0 Å². The van der Waals surface area contributed by atoms with Crippen LogP contribution in [0.2, 0.25) is 0 Å². The molecule has 0 atom stereocenters. The first-order valence-corrected chi connectivity index (χ1v) is 11.6. The Hall–Kier alpha value is -4.24. The van der Waals surface area contributed by atoms with Crippen LogP contribution in [0.25, 0.3) is 22.2 Å². The largest absolute Gasteiger partial charge is 0.352 e. The lowest BCUT2D eigenvalue weighted by molar-refractivity contribution is 0.0954. The number of carbonyl (C=O) groups is 1. The SMILES string of the molecule is O=C(NCCC(c1ccccc1)c1ccccc1)c1cc(-c2ccccc2)nc2ccccc12. The summed E-state index contributed by atoms with van der Waals surface area (Å²) in [6, 6.07) is 40.7.